The number of hydrogen-bond acceptors (Lipinski definition) is 3. The van der Waals surface area contributed by atoms with Gasteiger partial charge in [0.2, 0.25) is 0 Å². The molecule has 0 saturated carbocycles. The molecule has 1 aliphatic rings. The maximum Gasteiger partial charge on any atom is 0.0594 e. The molecule has 1 fully saturated rings. The molecule has 1 aliphatic heterocycles. The number of pyridine rings is 1. The number of rotatable bonds is 2. The van der Waals surface area contributed by atoms with Crippen LogP contribution >= 0.6 is 0 Å². The summed E-state index contributed by atoms with van der Waals surface area (Å²) in [6.07, 6.45) is 1.98. The van der Waals surface area contributed by atoms with Crippen molar-refractivity contribution in [2.45, 2.75) is 19.9 Å². The molecule has 0 amide bonds. The lowest BCUT2D eigenvalue weighted by atomic mass is 10.1. The van der Waals surface area contributed by atoms with Crippen molar-refractivity contribution in [3.8, 4) is 0 Å². The Balaban J connectivity index is 2.05. The van der Waals surface area contributed by atoms with Gasteiger partial charge >= 0.3 is 0 Å². The maximum atomic E-state index is 5.35. The molecule has 0 spiro atoms. The number of aryl methyl sites for hydroxylation is 1. The van der Waals surface area contributed by atoms with Crippen molar-refractivity contribution in [1.29, 1.82) is 0 Å². The van der Waals surface area contributed by atoms with Crippen molar-refractivity contribution in [2.24, 2.45) is 0 Å². The number of ether oxygens (including phenoxy) is 1. The van der Waals surface area contributed by atoms with Gasteiger partial charge in [-0.2, -0.15) is 0 Å². The Morgan fingerprint density at radius 2 is 2.07 bits per heavy atom. The van der Waals surface area contributed by atoms with Gasteiger partial charge in [0.25, 0.3) is 0 Å². The molecular formula is C12H18N2O. The van der Waals surface area contributed by atoms with Crippen LogP contribution in [0, 0.1) is 6.92 Å². The summed E-state index contributed by atoms with van der Waals surface area (Å²) < 4.78 is 5.35. The second-order valence-corrected chi connectivity index (χ2v) is 4.06. The van der Waals surface area contributed by atoms with Crippen LogP contribution in [-0.4, -0.2) is 36.2 Å². The minimum atomic E-state index is 0.446. The van der Waals surface area contributed by atoms with Crippen molar-refractivity contribution in [2.75, 3.05) is 26.3 Å². The molecule has 1 unspecified atom stereocenters. The summed E-state index contributed by atoms with van der Waals surface area (Å²) in [5.74, 6) is 0. The van der Waals surface area contributed by atoms with Gasteiger partial charge in [-0.15, -0.1) is 0 Å². The first-order chi connectivity index (χ1) is 7.27. The SMILES string of the molecule is Cc1ccc(C(C)N2CCOCC2)cn1. The molecule has 0 aromatic carbocycles. The summed E-state index contributed by atoms with van der Waals surface area (Å²) in [4.78, 5) is 6.78. The maximum absolute atomic E-state index is 5.35. The van der Waals surface area contributed by atoms with E-state index in [-0.39, 0.29) is 0 Å². The highest BCUT2D eigenvalue weighted by Crippen LogP contribution is 2.20. The van der Waals surface area contributed by atoms with E-state index in [2.05, 4.69) is 28.9 Å². The van der Waals surface area contributed by atoms with Crippen LogP contribution in [0.5, 0.6) is 0 Å². The fourth-order valence-corrected chi connectivity index (χ4v) is 1.90. The summed E-state index contributed by atoms with van der Waals surface area (Å²) >= 11 is 0. The number of hydrogen-bond donors (Lipinski definition) is 0. The van der Waals surface area contributed by atoms with Crippen LogP contribution in [0.3, 0.4) is 0 Å². The van der Waals surface area contributed by atoms with Crippen molar-refractivity contribution < 1.29 is 4.74 Å². The predicted octanol–water partition coefficient (Wildman–Crippen LogP) is 1.78. The van der Waals surface area contributed by atoms with Gasteiger partial charge in [-0.05, 0) is 25.5 Å². The molecule has 0 radical (unpaired) electrons. The first kappa shape index (κ1) is 10.6. The summed E-state index contributed by atoms with van der Waals surface area (Å²) in [6.45, 7) is 8.00. The molecule has 2 heterocycles. The number of aromatic nitrogens is 1. The largest absolute Gasteiger partial charge is 0.379 e. The number of nitrogens with zero attached hydrogens (tertiary/aromatic N) is 2. The van der Waals surface area contributed by atoms with Gasteiger partial charge in [0, 0.05) is 31.0 Å². The minimum Gasteiger partial charge on any atom is -0.379 e. The average molecular weight is 206 g/mol. The van der Waals surface area contributed by atoms with Crippen LogP contribution in [0.4, 0.5) is 0 Å². The average Bonchev–Trinajstić information content (AvgIpc) is 2.30. The first-order valence-corrected chi connectivity index (χ1v) is 5.52. The second-order valence-electron chi connectivity index (χ2n) is 4.06. The monoisotopic (exact) mass is 206 g/mol. The third kappa shape index (κ3) is 2.55. The highest BCUT2D eigenvalue weighted by atomic mass is 16.5. The topological polar surface area (TPSA) is 25.4 Å². The highest BCUT2D eigenvalue weighted by molar-refractivity contribution is 5.16. The first-order valence-electron chi connectivity index (χ1n) is 5.52. The van der Waals surface area contributed by atoms with Gasteiger partial charge in [0.1, 0.15) is 0 Å². The Kier molecular flexibility index (Phi) is 3.34. The molecule has 1 aromatic heterocycles. The molecule has 0 bridgehead atoms. The quantitative estimate of drug-likeness (QED) is 0.737. The molecule has 1 atom stereocenters. The zero-order valence-corrected chi connectivity index (χ0v) is 9.44. The van der Waals surface area contributed by atoms with E-state index in [9.17, 15) is 0 Å². The molecule has 2 rings (SSSR count). The predicted molar refractivity (Wildman–Crippen MR) is 59.8 cm³/mol. The standard InChI is InChI=1S/C12H18N2O/c1-10-3-4-12(9-13-10)11(2)14-5-7-15-8-6-14/h3-4,9,11H,5-8H2,1-2H3. The number of morpholine rings is 1. The van der Waals surface area contributed by atoms with E-state index in [1.807, 2.05) is 13.1 Å². The van der Waals surface area contributed by atoms with Crippen LogP contribution in [0.25, 0.3) is 0 Å². The van der Waals surface area contributed by atoms with E-state index >= 15 is 0 Å². The molecule has 0 aliphatic carbocycles. The van der Waals surface area contributed by atoms with Gasteiger partial charge in [-0.1, -0.05) is 6.07 Å². The van der Waals surface area contributed by atoms with Crippen LogP contribution in [0.1, 0.15) is 24.2 Å². The Labute approximate surface area is 91.1 Å². The molecule has 3 nitrogen and oxygen atoms in total. The van der Waals surface area contributed by atoms with Gasteiger partial charge in [0.05, 0.1) is 13.2 Å². The van der Waals surface area contributed by atoms with Crippen molar-refractivity contribution in [3.63, 3.8) is 0 Å². The van der Waals surface area contributed by atoms with E-state index in [0.29, 0.717) is 6.04 Å². The van der Waals surface area contributed by atoms with Gasteiger partial charge in [0.15, 0.2) is 0 Å². The molecule has 1 aromatic rings. The van der Waals surface area contributed by atoms with Crippen molar-refractivity contribution >= 4 is 0 Å². The Hall–Kier alpha value is -0.930. The summed E-state index contributed by atoms with van der Waals surface area (Å²) in [6, 6.07) is 4.69. The van der Waals surface area contributed by atoms with E-state index in [1.54, 1.807) is 0 Å². The van der Waals surface area contributed by atoms with Gasteiger partial charge < -0.3 is 4.74 Å². The van der Waals surface area contributed by atoms with Crippen LogP contribution < -0.4 is 0 Å². The van der Waals surface area contributed by atoms with E-state index in [0.717, 1.165) is 32.0 Å². The Morgan fingerprint density at radius 3 is 2.67 bits per heavy atom. The summed E-state index contributed by atoms with van der Waals surface area (Å²) in [7, 11) is 0. The summed E-state index contributed by atoms with van der Waals surface area (Å²) in [5.41, 5.74) is 2.37. The van der Waals surface area contributed by atoms with Crippen LogP contribution in [-0.2, 0) is 4.74 Å². The third-order valence-corrected chi connectivity index (χ3v) is 3.01. The fourth-order valence-electron chi connectivity index (χ4n) is 1.90. The van der Waals surface area contributed by atoms with E-state index in [4.69, 9.17) is 4.74 Å². The third-order valence-electron chi connectivity index (χ3n) is 3.01. The fraction of sp³-hybridized carbons (Fsp3) is 0.583. The van der Waals surface area contributed by atoms with Crippen molar-refractivity contribution in [3.05, 3.63) is 29.6 Å². The van der Waals surface area contributed by atoms with Crippen molar-refractivity contribution in [1.82, 2.24) is 9.88 Å². The zero-order valence-electron chi connectivity index (χ0n) is 9.44. The minimum absolute atomic E-state index is 0.446. The van der Waals surface area contributed by atoms with E-state index in [1.165, 1.54) is 5.56 Å². The molecule has 15 heavy (non-hydrogen) atoms. The Morgan fingerprint density at radius 1 is 1.33 bits per heavy atom. The smallest absolute Gasteiger partial charge is 0.0594 e. The summed E-state index contributed by atoms with van der Waals surface area (Å²) in [5, 5.41) is 0. The van der Waals surface area contributed by atoms with Gasteiger partial charge in [-0.3, -0.25) is 9.88 Å². The van der Waals surface area contributed by atoms with Gasteiger partial charge in [-0.25, -0.2) is 0 Å². The lowest BCUT2D eigenvalue weighted by Gasteiger charge is -2.32. The molecule has 3 heteroatoms. The second kappa shape index (κ2) is 4.73. The van der Waals surface area contributed by atoms with Crippen LogP contribution in [0.15, 0.2) is 18.3 Å². The Bertz CT molecular complexity index is 304. The zero-order chi connectivity index (χ0) is 10.7. The normalized spacial score (nSPS) is 20.1. The molecule has 82 valence electrons. The highest BCUT2D eigenvalue weighted by Gasteiger charge is 2.18. The lowest BCUT2D eigenvalue weighted by molar-refractivity contribution is 0.0198. The molecular weight excluding hydrogens is 188 g/mol. The lowest BCUT2D eigenvalue weighted by Crippen LogP contribution is -2.38. The molecule has 0 N–H and O–H groups in total. The molecule has 1 saturated heterocycles. The van der Waals surface area contributed by atoms with Crippen LogP contribution in [0.2, 0.25) is 0 Å². The van der Waals surface area contributed by atoms with E-state index < -0.39 is 0 Å².